The average molecular weight is 420 g/mol. The van der Waals surface area contributed by atoms with E-state index in [0.717, 1.165) is 22.2 Å². The molecule has 2 heterocycles. The number of benzene rings is 2. The molecular formula is C23H24N4O4. The van der Waals surface area contributed by atoms with Crippen molar-refractivity contribution in [2.24, 2.45) is 30.4 Å². The summed E-state index contributed by atoms with van der Waals surface area (Å²) in [5.74, 6) is -1.96. The lowest BCUT2D eigenvalue weighted by molar-refractivity contribution is -0.131. The third-order valence-corrected chi connectivity index (χ3v) is 6.26. The molecule has 1 aliphatic heterocycles. The highest BCUT2D eigenvalue weighted by Crippen LogP contribution is 2.33. The number of hydrogen-bond acceptors (Lipinski definition) is 6. The van der Waals surface area contributed by atoms with Crippen molar-refractivity contribution in [2.45, 2.75) is 18.4 Å². The number of aromatic nitrogens is 1. The van der Waals surface area contributed by atoms with E-state index < -0.39 is 29.0 Å². The second-order valence-electron chi connectivity index (χ2n) is 8.08. The Hall–Kier alpha value is -3.41. The summed E-state index contributed by atoms with van der Waals surface area (Å²) in [5.41, 5.74) is 14.7. The quantitative estimate of drug-likeness (QED) is 0.644. The molecule has 1 aromatic heterocycles. The van der Waals surface area contributed by atoms with Crippen LogP contribution in [0.4, 0.5) is 0 Å². The van der Waals surface area contributed by atoms with E-state index in [1.165, 1.54) is 4.57 Å². The van der Waals surface area contributed by atoms with Crippen LogP contribution < -0.4 is 17.2 Å². The Labute approximate surface area is 179 Å². The molecule has 1 fully saturated rings. The van der Waals surface area contributed by atoms with Crippen molar-refractivity contribution >= 4 is 17.0 Å². The smallest absolute Gasteiger partial charge is 0.408 e. The molecule has 1 amide bonds. The van der Waals surface area contributed by atoms with Gasteiger partial charge in [-0.05, 0) is 41.7 Å². The number of amides is 1. The fourth-order valence-corrected chi connectivity index (χ4v) is 4.24. The Bertz CT molecular complexity index is 1220. The minimum Gasteiger partial charge on any atom is -0.408 e. The van der Waals surface area contributed by atoms with Gasteiger partial charge in [-0.1, -0.05) is 30.3 Å². The van der Waals surface area contributed by atoms with Crippen LogP contribution in [0.15, 0.2) is 51.7 Å². The van der Waals surface area contributed by atoms with E-state index in [2.05, 4.69) is 6.07 Å². The van der Waals surface area contributed by atoms with Gasteiger partial charge >= 0.3 is 5.76 Å². The van der Waals surface area contributed by atoms with Crippen LogP contribution in [0.2, 0.25) is 0 Å². The van der Waals surface area contributed by atoms with Crippen molar-refractivity contribution in [2.75, 3.05) is 13.2 Å². The first-order valence-corrected chi connectivity index (χ1v) is 10.1. The maximum Gasteiger partial charge on any atom is 0.419 e. The van der Waals surface area contributed by atoms with E-state index in [0.29, 0.717) is 25.0 Å². The minimum absolute atomic E-state index is 0.235. The third kappa shape index (κ3) is 3.74. The molecule has 0 bridgehead atoms. The van der Waals surface area contributed by atoms with Gasteiger partial charge in [0.25, 0.3) is 0 Å². The van der Waals surface area contributed by atoms with Gasteiger partial charge in [0.2, 0.25) is 5.91 Å². The Kier molecular flexibility index (Phi) is 5.39. The highest BCUT2D eigenvalue weighted by molar-refractivity contribution is 5.85. The van der Waals surface area contributed by atoms with Gasteiger partial charge in [0, 0.05) is 19.6 Å². The average Bonchev–Trinajstić information content (AvgIpc) is 3.06. The van der Waals surface area contributed by atoms with Gasteiger partial charge in [0.05, 0.1) is 24.1 Å². The Morgan fingerprint density at radius 2 is 2.00 bits per heavy atom. The summed E-state index contributed by atoms with van der Waals surface area (Å²) in [6, 6.07) is 15.7. The first-order valence-electron chi connectivity index (χ1n) is 10.1. The number of primary amides is 1. The predicted octanol–water partition coefficient (Wildman–Crippen LogP) is 1.70. The molecule has 31 heavy (non-hydrogen) atoms. The number of nitriles is 1. The fraction of sp³-hybridized carbons (Fsp3) is 0.348. The molecule has 4 N–H and O–H groups in total. The number of carbonyl (C=O) groups is 1. The summed E-state index contributed by atoms with van der Waals surface area (Å²) in [7, 11) is 1.67. The number of nitrogens with zero attached hydrogens (tertiary/aromatic N) is 2. The first kappa shape index (κ1) is 20.8. The number of ether oxygens (including phenoxy) is 1. The number of rotatable bonds is 5. The first-order chi connectivity index (χ1) is 14.8. The summed E-state index contributed by atoms with van der Waals surface area (Å²) in [4.78, 5) is 23.7. The van der Waals surface area contributed by atoms with E-state index in [-0.39, 0.29) is 6.61 Å². The highest BCUT2D eigenvalue weighted by atomic mass is 16.5. The van der Waals surface area contributed by atoms with Crippen LogP contribution in [0.1, 0.15) is 12.0 Å². The van der Waals surface area contributed by atoms with Crippen LogP contribution in [-0.4, -0.2) is 29.2 Å². The molecule has 3 aromatic rings. The predicted molar refractivity (Wildman–Crippen MR) is 115 cm³/mol. The minimum atomic E-state index is -1.24. The second kappa shape index (κ2) is 8.02. The summed E-state index contributed by atoms with van der Waals surface area (Å²) >= 11 is 0. The normalized spacial score (nSPS) is 22.2. The maximum absolute atomic E-state index is 12.0. The van der Waals surface area contributed by atoms with Gasteiger partial charge in [0.1, 0.15) is 5.54 Å². The number of carbonyl (C=O) groups excluding carboxylic acids is 1. The van der Waals surface area contributed by atoms with Crippen molar-refractivity contribution in [3.63, 3.8) is 0 Å². The molecule has 8 nitrogen and oxygen atoms in total. The van der Waals surface area contributed by atoms with Crippen LogP contribution in [0.3, 0.4) is 0 Å². The molecule has 1 saturated heterocycles. The Morgan fingerprint density at radius 3 is 2.68 bits per heavy atom. The topological polar surface area (TPSA) is 137 Å². The lowest BCUT2D eigenvalue weighted by Gasteiger charge is -2.40. The molecule has 0 radical (unpaired) electrons. The molecule has 0 aliphatic carbocycles. The van der Waals surface area contributed by atoms with Crippen LogP contribution in [0.5, 0.6) is 0 Å². The van der Waals surface area contributed by atoms with Crippen molar-refractivity contribution in [3.05, 3.63) is 58.6 Å². The van der Waals surface area contributed by atoms with E-state index in [4.69, 9.17) is 20.6 Å². The zero-order valence-corrected chi connectivity index (χ0v) is 17.2. The van der Waals surface area contributed by atoms with Crippen LogP contribution in [-0.2, 0) is 23.0 Å². The molecule has 0 saturated carbocycles. The van der Waals surface area contributed by atoms with Gasteiger partial charge in [-0.25, -0.2) is 4.79 Å². The van der Waals surface area contributed by atoms with Crippen LogP contribution in [0, 0.1) is 23.2 Å². The number of hydrogen-bond donors (Lipinski definition) is 2. The molecule has 4 rings (SSSR count). The molecule has 0 spiro atoms. The maximum atomic E-state index is 12.0. The Balaban J connectivity index is 1.56. The SMILES string of the molecule is Cn1c(=O)oc2ccc(-c3ccc(CC(C#N)C4COCCC4(N)C(N)=O)cc3)cc21. The molecule has 8 heteroatoms. The largest absolute Gasteiger partial charge is 0.419 e. The number of nitrogens with two attached hydrogens (primary N) is 2. The van der Waals surface area contributed by atoms with Gasteiger partial charge in [0.15, 0.2) is 5.58 Å². The van der Waals surface area contributed by atoms with Crippen LogP contribution >= 0.6 is 0 Å². The number of aryl methyl sites for hydroxylation is 1. The van der Waals surface area contributed by atoms with E-state index in [1.54, 1.807) is 13.1 Å². The number of fused-ring (bicyclic) bond motifs is 1. The van der Waals surface area contributed by atoms with Gasteiger partial charge in [-0.3, -0.25) is 9.36 Å². The Morgan fingerprint density at radius 1 is 1.29 bits per heavy atom. The van der Waals surface area contributed by atoms with Crippen molar-refractivity contribution in [3.8, 4) is 17.2 Å². The van der Waals surface area contributed by atoms with Crippen molar-refractivity contribution in [1.29, 1.82) is 5.26 Å². The highest BCUT2D eigenvalue weighted by Gasteiger charge is 2.46. The number of oxazole rings is 1. The summed E-state index contributed by atoms with van der Waals surface area (Å²) in [6.45, 7) is 0.592. The summed E-state index contributed by atoms with van der Waals surface area (Å²) in [6.07, 6.45) is 0.745. The molecule has 3 unspecified atom stereocenters. The monoisotopic (exact) mass is 420 g/mol. The van der Waals surface area contributed by atoms with Gasteiger partial charge < -0.3 is 20.6 Å². The summed E-state index contributed by atoms with van der Waals surface area (Å²) in [5, 5.41) is 9.76. The lowest BCUT2D eigenvalue weighted by Crippen LogP contribution is -2.63. The summed E-state index contributed by atoms with van der Waals surface area (Å²) < 4.78 is 12.1. The van der Waals surface area contributed by atoms with Gasteiger partial charge in [-0.15, -0.1) is 0 Å². The third-order valence-electron chi connectivity index (χ3n) is 6.26. The second-order valence-corrected chi connectivity index (χ2v) is 8.08. The molecule has 160 valence electrons. The van der Waals surface area contributed by atoms with Crippen LogP contribution in [0.25, 0.3) is 22.2 Å². The fourth-order valence-electron chi connectivity index (χ4n) is 4.24. The van der Waals surface area contributed by atoms with E-state index in [1.807, 2.05) is 36.4 Å². The molecule has 2 aromatic carbocycles. The lowest BCUT2D eigenvalue weighted by atomic mass is 9.71. The standard InChI is InChI=1S/C23H24N4O4/c1-27-19-11-16(6-7-20(19)31-22(27)29)15-4-2-14(3-5-15)10-17(12-24)18-13-30-9-8-23(18,26)21(25)28/h2-7,11,17-18H,8-10,13,26H2,1H3,(H2,25,28). The van der Waals surface area contributed by atoms with Crippen molar-refractivity contribution < 1.29 is 13.9 Å². The van der Waals surface area contributed by atoms with Crippen molar-refractivity contribution in [1.82, 2.24) is 4.57 Å². The van der Waals surface area contributed by atoms with Gasteiger partial charge in [-0.2, -0.15) is 5.26 Å². The molecule has 1 aliphatic rings. The zero-order chi connectivity index (χ0) is 22.2. The van der Waals surface area contributed by atoms with E-state index in [9.17, 15) is 14.9 Å². The zero-order valence-electron chi connectivity index (χ0n) is 17.2. The molecule has 3 atom stereocenters. The van der Waals surface area contributed by atoms with E-state index >= 15 is 0 Å². The molecular weight excluding hydrogens is 396 g/mol.